The van der Waals surface area contributed by atoms with Crippen LogP contribution < -0.4 is 0 Å². The molecule has 0 radical (unpaired) electrons. The van der Waals surface area contributed by atoms with Gasteiger partial charge in [0.1, 0.15) is 0 Å². The molecule has 0 bridgehead atoms. The van der Waals surface area contributed by atoms with E-state index in [-0.39, 0.29) is 5.41 Å². The summed E-state index contributed by atoms with van der Waals surface area (Å²) in [6, 6.07) is 17.3. The molecule has 2 aromatic carbocycles. The van der Waals surface area contributed by atoms with E-state index in [9.17, 15) is 0 Å². The highest BCUT2D eigenvalue weighted by atomic mass is 14.4. The van der Waals surface area contributed by atoms with Crippen molar-refractivity contribution in [3.8, 4) is 11.1 Å². The molecule has 0 heterocycles. The van der Waals surface area contributed by atoms with Crippen molar-refractivity contribution in [2.45, 2.75) is 12.3 Å². The van der Waals surface area contributed by atoms with Gasteiger partial charge in [0.05, 0.1) is 0 Å². The Morgan fingerprint density at radius 1 is 0.900 bits per heavy atom. The maximum absolute atomic E-state index is 4.00. The molecule has 0 N–H and O–H groups in total. The zero-order valence-corrected chi connectivity index (χ0v) is 11.8. The third-order valence-corrected chi connectivity index (χ3v) is 4.32. The zero-order valence-electron chi connectivity index (χ0n) is 11.8. The number of allylic oxidation sites excluding steroid dienone is 4. The molecule has 3 rings (SSSR count). The predicted octanol–water partition coefficient (Wildman–Crippen LogP) is 5.27. The molecule has 1 aliphatic carbocycles. The summed E-state index contributed by atoms with van der Waals surface area (Å²) in [5, 5.41) is 0. The minimum atomic E-state index is -0.150. The maximum atomic E-state index is 4.00. The fourth-order valence-electron chi connectivity index (χ4n) is 3.33. The van der Waals surface area contributed by atoms with Gasteiger partial charge >= 0.3 is 0 Å². The Morgan fingerprint density at radius 2 is 1.40 bits per heavy atom. The molecule has 0 atom stereocenters. The second-order valence-corrected chi connectivity index (χ2v) is 5.28. The normalized spacial score (nSPS) is 15.3. The number of hydrogen-bond acceptors (Lipinski definition) is 0. The van der Waals surface area contributed by atoms with Crippen LogP contribution in [0.4, 0.5) is 0 Å². The molecule has 0 saturated heterocycles. The monoisotopic (exact) mass is 258 g/mol. The Bertz CT molecular complexity index is 671. The van der Waals surface area contributed by atoms with Crippen LogP contribution in [0, 0.1) is 0 Å². The minimum absolute atomic E-state index is 0.150. The first-order valence-corrected chi connectivity index (χ1v) is 6.88. The van der Waals surface area contributed by atoms with Crippen molar-refractivity contribution in [1.29, 1.82) is 0 Å². The van der Waals surface area contributed by atoms with Crippen molar-refractivity contribution in [1.82, 2.24) is 0 Å². The summed E-state index contributed by atoms with van der Waals surface area (Å²) < 4.78 is 0. The SMILES string of the molecule is C=C/C=C(\C=C)C1(C)c2ccccc2-c2ccccc21. The van der Waals surface area contributed by atoms with E-state index in [1.807, 2.05) is 12.2 Å². The zero-order chi connectivity index (χ0) is 14.2. The highest BCUT2D eigenvalue weighted by molar-refractivity contribution is 5.83. The molecule has 0 fully saturated rings. The van der Waals surface area contributed by atoms with Crippen LogP contribution in [0.2, 0.25) is 0 Å². The van der Waals surface area contributed by atoms with Crippen LogP contribution in [0.1, 0.15) is 18.1 Å². The van der Waals surface area contributed by atoms with Crippen LogP contribution in [-0.2, 0) is 5.41 Å². The quantitative estimate of drug-likeness (QED) is 0.658. The second-order valence-electron chi connectivity index (χ2n) is 5.28. The Balaban J connectivity index is 2.39. The predicted molar refractivity (Wildman–Crippen MR) is 86.8 cm³/mol. The number of benzene rings is 2. The summed E-state index contributed by atoms with van der Waals surface area (Å²) in [6.07, 6.45) is 5.85. The summed E-state index contributed by atoms with van der Waals surface area (Å²) in [4.78, 5) is 0. The van der Waals surface area contributed by atoms with E-state index in [4.69, 9.17) is 0 Å². The van der Waals surface area contributed by atoms with E-state index in [2.05, 4.69) is 74.7 Å². The average molecular weight is 258 g/mol. The molecule has 0 nitrogen and oxygen atoms in total. The summed E-state index contributed by atoms with van der Waals surface area (Å²) in [6.45, 7) is 10.1. The molecule has 0 spiro atoms. The maximum Gasteiger partial charge on any atom is 0.0435 e. The van der Waals surface area contributed by atoms with Gasteiger partial charge in [-0.2, -0.15) is 0 Å². The second kappa shape index (κ2) is 4.64. The Kier molecular flexibility index (Phi) is 2.94. The van der Waals surface area contributed by atoms with E-state index in [1.54, 1.807) is 0 Å². The molecule has 0 unspecified atom stereocenters. The molecule has 0 saturated carbocycles. The smallest absolute Gasteiger partial charge is 0.0435 e. The van der Waals surface area contributed by atoms with E-state index in [0.717, 1.165) is 0 Å². The van der Waals surface area contributed by atoms with Crippen molar-refractivity contribution in [3.63, 3.8) is 0 Å². The number of fused-ring (bicyclic) bond motifs is 3. The molecule has 0 aromatic heterocycles. The highest BCUT2D eigenvalue weighted by Gasteiger charge is 2.40. The van der Waals surface area contributed by atoms with Gasteiger partial charge in [0.15, 0.2) is 0 Å². The van der Waals surface area contributed by atoms with Crippen molar-refractivity contribution < 1.29 is 0 Å². The Morgan fingerprint density at radius 3 is 1.85 bits per heavy atom. The molecule has 0 heteroatoms. The largest absolute Gasteiger partial charge is 0.0991 e. The van der Waals surface area contributed by atoms with Crippen LogP contribution in [0.25, 0.3) is 11.1 Å². The first-order valence-electron chi connectivity index (χ1n) is 6.88. The van der Waals surface area contributed by atoms with E-state index in [1.165, 1.54) is 27.8 Å². The first-order chi connectivity index (χ1) is 9.73. The Labute approximate surface area is 120 Å². The van der Waals surface area contributed by atoms with Crippen molar-refractivity contribution in [2.24, 2.45) is 0 Å². The van der Waals surface area contributed by atoms with Crippen LogP contribution in [0.5, 0.6) is 0 Å². The molecule has 1 aliphatic rings. The lowest BCUT2D eigenvalue weighted by atomic mass is 9.73. The molecule has 0 amide bonds. The molecular formula is C20H18. The number of hydrogen-bond donors (Lipinski definition) is 0. The molecule has 2 aromatic rings. The fourth-order valence-corrected chi connectivity index (χ4v) is 3.33. The van der Waals surface area contributed by atoms with Gasteiger partial charge in [0, 0.05) is 5.41 Å². The van der Waals surface area contributed by atoms with Crippen LogP contribution >= 0.6 is 0 Å². The third kappa shape index (κ3) is 1.55. The topological polar surface area (TPSA) is 0 Å². The van der Waals surface area contributed by atoms with Crippen LogP contribution in [-0.4, -0.2) is 0 Å². The molecule has 20 heavy (non-hydrogen) atoms. The van der Waals surface area contributed by atoms with Gasteiger partial charge in [-0.25, -0.2) is 0 Å². The van der Waals surface area contributed by atoms with E-state index in [0.29, 0.717) is 0 Å². The Hall–Kier alpha value is -2.34. The lowest BCUT2D eigenvalue weighted by molar-refractivity contribution is 0.713. The van der Waals surface area contributed by atoms with Crippen LogP contribution in [0.3, 0.4) is 0 Å². The van der Waals surface area contributed by atoms with Crippen molar-refractivity contribution >= 4 is 0 Å². The fraction of sp³-hybridized carbons (Fsp3) is 0.100. The number of rotatable bonds is 3. The van der Waals surface area contributed by atoms with Gasteiger partial charge in [-0.15, -0.1) is 0 Å². The van der Waals surface area contributed by atoms with Gasteiger partial charge in [-0.3, -0.25) is 0 Å². The van der Waals surface area contributed by atoms with E-state index >= 15 is 0 Å². The summed E-state index contributed by atoms with van der Waals surface area (Å²) in [5.41, 5.74) is 6.36. The third-order valence-electron chi connectivity index (χ3n) is 4.32. The van der Waals surface area contributed by atoms with Gasteiger partial charge in [0.25, 0.3) is 0 Å². The minimum Gasteiger partial charge on any atom is -0.0991 e. The standard InChI is InChI=1S/C20H18/c1-4-10-15(5-2)20(3)18-13-8-6-11-16(18)17-12-7-9-14-19(17)20/h4-14H,1-2H2,3H3/b15-10+. The van der Waals surface area contributed by atoms with Gasteiger partial charge in [-0.05, 0) is 34.8 Å². The lowest BCUT2D eigenvalue weighted by Gasteiger charge is -2.29. The first kappa shape index (κ1) is 12.7. The molecular weight excluding hydrogens is 240 g/mol. The molecule has 0 aliphatic heterocycles. The lowest BCUT2D eigenvalue weighted by Crippen LogP contribution is -2.22. The van der Waals surface area contributed by atoms with Crippen molar-refractivity contribution in [3.05, 3.63) is 96.6 Å². The average Bonchev–Trinajstić information content (AvgIpc) is 2.76. The van der Waals surface area contributed by atoms with Crippen LogP contribution in [0.15, 0.2) is 85.5 Å². The van der Waals surface area contributed by atoms with Gasteiger partial charge < -0.3 is 0 Å². The summed E-state index contributed by atoms with van der Waals surface area (Å²) in [7, 11) is 0. The molecule has 98 valence electrons. The van der Waals surface area contributed by atoms with Crippen molar-refractivity contribution in [2.75, 3.05) is 0 Å². The van der Waals surface area contributed by atoms with Gasteiger partial charge in [0.2, 0.25) is 0 Å². The summed E-state index contributed by atoms with van der Waals surface area (Å²) in [5.74, 6) is 0. The van der Waals surface area contributed by atoms with Gasteiger partial charge in [-0.1, -0.05) is 79.9 Å². The highest BCUT2D eigenvalue weighted by Crippen LogP contribution is 2.52. The van der Waals surface area contributed by atoms with E-state index < -0.39 is 0 Å². The summed E-state index contributed by atoms with van der Waals surface area (Å²) >= 11 is 0.